The molecule has 0 aromatic heterocycles. The lowest BCUT2D eigenvalue weighted by Gasteiger charge is -2.14. The molecule has 0 saturated heterocycles. The van der Waals surface area contributed by atoms with Gasteiger partial charge in [-0.2, -0.15) is 5.26 Å². The second kappa shape index (κ2) is 6.40. The number of nitriles is 1. The quantitative estimate of drug-likeness (QED) is 0.811. The Hall–Kier alpha value is -2.35. The minimum atomic E-state index is -0.825. The number of carbonyl (C=O) groups excluding carboxylic acids is 2. The van der Waals surface area contributed by atoms with Gasteiger partial charge in [-0.15, -0.1) is 0 Å². The van der Waals surface area contributed by atoms with Crippen LogP contribution in [0.25, 0.3) is 0 Å². The summed E-state index contributed by atoms with van der Waals surface area (Å²) in [6.07, 6.45) is -0.825. The number of benzene rings is 1. The molecule has 1 amide bonds. The first kappa shape index (κ1) is 13.7. The van der Waals surface area contributed by atoms with Gasteiger partial charge in [0.15, 0.2) is 6.10 Å². The number of amides is 1. The lowest BCUT2D eigenvalue weighted by atomic mass is 10.2. The van der Waals surface area contributed by atoms with E-state index in [0.29, 0.717) is 5.56 Å². The van der Waals surface area contributed by atoms with E-state index in [0.717, 1.165) is 0 Å². The highest BCUT2D eigenvalue weighted by atomic mass is 16.5. The van der Waals surface area contributed by atoms with Crippen molar-refractivity contribution in [1.29, 1.82) is 5.26 Å². The number of nitrogens with zero attached hydrogens (tertiary/aromatic N) is 1. The van der Waals surface area contributed by atoms with Crippen LogP contribution in [0.4, 0.5) is 0 Å². The summed E-state index contributed by atoms with van der Waals surface area (Å²) in [6, 6.07) is 9.53. The topological polar surface area (TPSA) is 79.2 Å². The molecule has 5 nitrogen and oxygen atoms in total. The van der Waals surface area contributed by atoms with E-state index in [9.17, 15) is 9.59 Å². The molecule has 1 aromatic rings. The highest BCUT2D eigenvalue weighted by molar-refractivity contribution is 5.96. The Morgan fingerprint density at radius 1 is 1.28 bits per heavy atom. The van der Waals surface area contributed by atoms with Gasteiger partial charge in [-0.3, -0.25) is 4.79 Å². The maximum absolute atomic E-state index is 11.7. The fourth-order valence-corrected chi connectivity index (χ4v) is 1.23. The fourth-order valence-electron chi connectivity index (χ4n) is 1.23. The summed E-state index contributed by atoms with van der Waals surface area (Å²) in [5.74, 6) is -0.988. The Morgan fingerprint density at radius 2 is 1.89 bits per heavy atom. The van der Waals surface area contributed by atoms with Crippen molar-refractivity contribution in [2.75, 3.05) is 0 Å². The highest BCUT2D eigenvalue weighted by Gasteiger charge is 2.19. The largest absolute Gasteiger partial charge is 0.446 e. The first-order valence-corrected chi connectivity index (χ1v) is 5.50. The molecule has 0 radical (unpaired) electrons. The molecule has 18 heavy (non-hydrogen) atoms. The summed E-state index contributed by atoms with van der Waals surface area (Å²) in [7, 11) is 0. The van der Waals surface area contributed by atoms with Gasteiger partial charge in [0.25, 0.3) is 5.91 Å². The molecular formula is C13H14N2O3. The SMILES string of the molecule is C[C@H](C#N)OC(=O)[C@H](C)NC(=O)c1ccccc1. The zero-order valence-electron chi connectivity index (χ0n) is 10.2. The number of esters is 1. The van der Waals surface area contributed by atoms with E-state index in [1.165, 1.54) is 13.8 Å². The smallest absolute Gasteiger partial charge is 0.329 e. The van der Waals surface area contributed by atoms with Crippen LogP contribution in [0, 0.1) is 11.3 Å². The van der Waals surface area contributed by atoms with Crippen molar-refractivity contribution in [3.8, 4) is 6.07 Å². The Labute approximate surface area is 105 Å². The van der Waals surface area contributed by atoms with Gasteiger partial charge in [0, 0.05) is 5.56 Å². The number of rotatable bonds is 4. The Kier molecular flexibility index (Phi) is 4.88. The van der Waals surface area contributed by atoms with E-state index < -0.39 is 18.1 Å². The minimum Gasteiger partial charge on any atom is -0.446 e. The van der Waals surface area contributed by atoms with Crippen LogP contribution < -0.4 is 5.32 Å². The summed E-state index contributed by atoms with van der Waals surface area (Å²) >= 11 is 0. The molecule has 0 aliphatic rings. The van der Waals surface area contributed by atoms with Crippen molar-refractivity contribution in [3.05, 3.63) is 35.9 Å². The van der Waals surface area contributed by atoms with Gasteiger partial charge in [0.1, 0.15) is 12.1 Å². The maximum Gasteiger partial charge on any atom is 0.329 e. The van der Waals surface area contributed by atoms with Gasteiger partial charge in [-0.1, -0.05) is 18.2 Å². The van der Waals surface area contributed by atoms with Crippen molar-refractivity contribution >= 4 is 11.9 Å². The monoisotopic (exact) mass is 246 g/mol. The molecule has 0 saturated carbocycles. The van der Waals surface area contributed by atoms with Crippen LogP contribution in [0.15, 0.2) is 30.3 Å². The third-order valence-electron chi connectivity index (χ3n) is 2.21. The van der Waals surface area contributed by atoms with Crippen LogP contribution in [-0.2, 0) is 9.53 Å². The molecule has 0 aliphatic heterocycles. The van der Waals surface area contributed by atoms with Gasteiger partial charge < -0.3 is 10.1 Å². The standard InChI is InChI=1S/C13H14N2O3/c1-9(8-14)18-13(17)10(2)15-12(16)11-6-4-3-5-7-11/h3-7,9-10H,1-2H3,(H,15,16)/t9-,10+/m1/s1. The number of hydrogen-bond donors (Lipinski definition) is 1. The lowest BCUT2D eigenvalue weighted by molar-refractivity contribution is -0.147. The average molecular weight is 246 g/mol. The van der Waals surface area contributed by atoms with Crippen LogP contribution in [0.3, 0.4) is 0 Å². The predicted molar refractivity (Wildman–Crippen MR) is 64.5 cm³/mol. The van der Waals surface area contributed by atoms with Crippen molar-refractivity contribution < 1.29 is 14.3 Å². The molecule has 1 rings (SSSR count). The molecule has 5 heteroatoms. The van der Waals surface area contributed by atoms with E-state index >= 15 is 0 Å². The second-order valence-electron chi connectivity index (χ2n) is 3.77. The molecule has 0 unspecified atom stereocenters. The van der Waals surface area contributed by atoms with Gasteiger partial charge in [-0.25, -0.2) is 4.79 Å². The molecular weight excluding hydrogens is 232 g/mol. The average Bonchev–Trinajstić information content (AvgIpc) is 2.39. The van der Waals surface area contributed by atoms with Gasteiger partial charge in [0.05, 0.1) is 0 Å². The van der Waals surface area contributed by atoms with E-state index in [4.69, 9.17) is 10.00 Å². The summed E-state index contributed by atoms with van der Waals surface area (Å²) in [5, 5.41) is 11.0. The molecule has 0 heterocycles. The zero-order valence-corrected chi connectivity index (χ0v) is 10.2. The molecule has 0 bridgehead atoms. The molecule has 1 N–H and O–H groups in total. The Morgan fingerprint density at radius 3 is 2.44 bits per heavy atom. The molecule has 0 aliphatic carbocycles. The minimum absolute atomic E-state index is 0.357. The van der Waals surface area contributed by atoms with Crippen LogP contribution in [-0.4, -0.2) is 24.0 Å². The summed E-state index contributed by atoms with van der Waals surface area (Å²) in [4.78, 5) is 23.2. The fraction of sp³-hybridized carbons (Fsp3) is 0.308. The van der Waals surface area contributed by atoms with E-state index in [-0.39, 0.29) is 5.91 Å². The molecule has 94 valence electrons. The molecule has 0 spiro atoms. The summed E-state index contributed by atoms with van der Waals surface area (Å²) in [5.41, 5.74) is 0.463. The molecule has 0 fully saturated rings. The van der Waals surface area contributed by atoms with E-state index in [2.05, 4.69) is 5.32 Å². The predicted octanol–water partition coefficient (Wildman–Crippen LogP) is 1.26. The number of ether oxygens (including phenoxy) is 1. The Bertz CT molecular complexity index is 465. The molecule has 2 atom stereocenters. The van der Waals surface area contributed by atoms with Crippen molar-refractivity contribution in [3.63, 3.8) is 0 Å². The Balaban J connectivity index is 2.55. The van der Waals surface area contributed by atoms with Gasteiger partial charge in [-0.05, 0) is 26.0 Å². The first-order valence-electron chi connectivity index (χ1n) is 5.50. The van der Waals surface area contributed by atoms with Gasteiger partial charge >= 0.3 is 5.97 Å². The van der Waals surface area contributed by atoms with Crippen LogP contribution >= 0.6 is 0 Å². The van der Waals surface area contributed by atoms with Crippen LogP contribution in [0.5, 0.6) is 0 Å². The van der Waals surface area contributed by atoms with E-state index in [1.807, 2.05) is 0 Å². The summed E-state index contributed by atoms with van der Waals surface area (Å²) < 4.78 is 4.78. The number of nitrogens with one attached hydrogen (secondary N) is 1. The van der Waals surface area contributed by atoms with Crippen LogP contribution in [0.2, 0.25) is 0 Å². The third-order valence-corrected chi connectivity index (χ3v) is 2.21. The van der Waals surface area contributed by atoms with Crippen molar-refractivity contribution in [2.24, 2.45) is 0 Å². The number of hydrogen-bond acceptors (Lipinski definition) is 4. The second-order valence-corrected chi connectivity index (χ2v) is 3.77. The van der Waals surface area contributed by atoms with E-state index in [1.54, 1.807) is 36.4 Å². The summed E-state index contributed by atoms with van der Waals surface area (Å²) in [6.45, 7) is 2.97. The first-order chi connectivity index (χ1) is 8.54. The van der Waals surface area contributed by atoms with Crippen LogP contribution in [0.1, 0.15) is 24.2 Å². The number of carbonyl (C=O) groups is 2. The zero-order chi connectivity index (χ0) is 13.5. The highest BCUT2D eigenvalue weighted by Crippen LogP contribution is 2.00. The normalized spacial score (nSPS) is 12.9. The lowest BCUT2D eigenvalue weighted by Crippen LogP contribution is -2.40. The maximum atomic E-state index is 11.7. The molecule has 1 aromatic carbocycles. The van der Waals surface area contributed by atoms with Gasteiger partial charge in [0.2, 0.25) is 0 Å². The third kappa shape index (κ3) is 3.91. The van der Waals surface area contributed by atoms with Crippen molar-refractivity contribution in [1.82, 2.24) is 5.32 Å². The van der Waals surface area contributed by atoms with Crippen molar-refractivity contribution in [2.45, 2.75) is 26.0 Å².